The van der Waals surface area contributed by atoms with Gasteiger partial charge >= 0.3 is 5.97 Å². The molecule has 0 aromatic heterocycles. The molecule has 0 radical (unpaired) electrons. The summed E-state index contributed by atoms with van der Waals surface area (Å²) in [5.41, 5.74) is 1.36. The molecule has 1 unspecified atom stereocenters. The van der Waals surface area contributed by atoms with E-state index < -0.39 is 12.2 Å². The molecule has 1 aromatic rings. The summed E-state index contributed by atoms with van der Waals surface area (Å²) in [5, 5.41) is 19.1. The van der Waals surface area contributed by atoms with Crippen LogP contribution in [-0.4, -0.2) is 35.5 Å². The van der Waals surface area contributed by atoms with Crippen molar-refractivity contribution in [3.63, 3.8) is 0 Å². The second kappa shape index (κ2) is 4.85. The summed E-state index contributed by atoms with van der Waals surface area (Å²) in [6.07, 6.45) is -0.443. The maximum absolute atomic E-state index is 11.6. The molecule has 1 aliphatic rings. The van der Waals surface area contributed by atoms with Crippen LogP contribution in [0.1, 0.15) is 34.7 Å². The van der Waals surface area contributed by atoms with E-state index in [1.807, 2.05) is 12.1 Å². The second-order valence-electron chi connectivity index (χ2n) is 4.38. The molecular formula is C13H16O4. The van der Waals surface area contributed by atoms with E-state index in [1.54, 1.807) is 12.1 Å². The summed E-state index contributed by atoms with van der Waals surface area (Å²) in [4.78, 5) is 11.6. The van der Waals surface area contributed by atoms with Crippen LogP contribution >= 0.6 is 0 Å². The topological polar surface area (TPSA) is 66.8 Å². The van der Waals surface area contributed by atoms with Gasteiger partial charge in [-0.05, 0) is 30.4 Å². The Morgan fingerprint density at radius 2 is 1.82 bits per heavy atom. The number of esters is 1. The fourth-order valence-corrected chi connectivity index (χ4v) is 2.40. The highest BCUT2D eigenvalue weighted by atomic mass is 16.5. The molecule has 1 fully saturated rings. The molecule has 1 saturated carbocycles. The van der Waals surface area contributed by atoms with Gasteiger partial charge in [0.25, 0.3) is 0 Å². The average molecular weight is 236 g/mol. The van der Waals surface area contributed by atoms with Crippen LogP contribution < -0.4 is 0 Å². The van der Waals surface area contributed by atoms with Crippen LogP contribution in [-0.2, 0) is 4.74 Å². The van der Waals surface area contributed by atoms with Gasteiger partial charge in [-0.1, -0.05) is 18.2 Å². The van der Waals surface area contributed by atoms with Gasteiger partial charge in [-0.15, -0.1) is 0 Å². The minimum atomic E-state index is -0.703. The first kappa shape index (κ1) is 12.1. The van der Waals surface area contributed by atoms with E-state index in [-0.39, 0.29) is 11.9 Å². The molecule has 0 heterocycles. The Balaban J connectivity index is 2.30. The minimum absolute atomic E-state index is 0.00954. The fourth-order valence-electron chi connectivity index (χ4n) is 2.40. The molecular weight excluding hydrogens is 220 g/mol. The Kier molecular flexibility index (Phi) is 3.45. The van der Waals surface area contributed by atoms with Crippen LogP contribution in [0.15, 0.2) is 24.3 Å². The fraction of sp³-hybridized carbons (Fsp3) is 0.462. The van der Waals surface area contributed by atoms with Crippen LogP contribution in [0.25, 0.3) is 0 Å². The third-order valence-corrected chi connectivity index (χ3v) is 3.30. The van der Waals surface area contributed by atoms with Crippen molar-refractivity contribution < 1.29 is 19.7 Å². The molecule has 2 N–H and O–H groups in total. The van der Waals surface area contributed by atoms with Crippen molar-refractivity contribution >= 4 is 5.97 Å². The first-order valence-electron chi connectivity index (χ1n) is 5.67. The normalized spacial score (nSPS) is 28.1. The number of ether oxygens (including phenoxy) is 1. The van der Waals surface area contributed by atoms with Crippen molar-refractivity contribution in [3.8, 4) is 0 Å². The van der Waals surface area contributed by atoms with Crippen molar-refractivity contribution in [1.29, 1.82) is 0 Å². The Bertz CT molecular complexity index is 406. The second-order valence-corrected chi connectivity index (χ2v) is 4.38. The highest BCUT2D eigenvalue weighted by Gasteiger charge is 2.34. The number of aliphatic hydroxyl groups excluding tert-OH is 2. The lowest BCUT2D eigenvalue weighted by Gasteiger charge is -2.13. The minimum Gasteiger partial charge on any atom is -0.465 e. The third-order valence-electron chi connectivity index (χ3n) is 3.30. The van der Waals surface area contributed by atoms with Gasteiger partial charge in [-0.2, -0.15) is 0 Å². The van der Waals surface area contributed by atoms with E-state index >= 15 is 0 Å². The quantitative estimate of drug-likeness (QED) is 0.754. The van der Waals surface area contributed by atoms with Gasteiger partial charge in [-0.3, -0.25) is 0 Å². The van der Waals surface area contributed by atoms with Gasteiger partial charge in [0.05, 0.1) is 24.9 Å². The molecule has 2 rings (SSSR count). The van der Waals surface area contributed by atoms with E-state index in [0.717, 1.165) is 5.56 Å². The summed E-state index contributed by atoms with van der Waals surface area (Å²) < 4.78 is 4.73. The predicted molar refractivity (Wildman–Crippen MR) is 61.8 cm³/mol. The number of rotatable bonds is 2. The lowest BCUT2D eigenvalue weighted by Crippen LogP contribution is -2.17. The van der Waals surface area contributed by atoms with E-state index in [4.69, 9.17) is 4.74 Å². The number of benzene rings is 1. The average Bonchev–Trinajstić information content (AvgIpc) is 2.68. The molecule has 4 nitrogen and oxygen atoms in total. The molecule has 4 heteroatoms. The Hall–Kier alpha value is -1.39. The Morgan fingerprint density at radius 1 is 1.24 bits per heavy atom. The molecule has 0 saturated heterocycles. The summed E-state index contributed by atoms with van der Waals surface area (Å²) >= 11 is 0. The van der Waals surface area contributed by atoms with Crippen LogP contribution in [0.3, 0.4) is 0 Å². The van der Waals surface area contributed by atoms with Gasteiger partial charge < -0.3 is 14.9 Å². The number of aliphatic hydroxyl groups is 2. The van der Waals surface area contributed by atoms with Gasteiger partial charge in [0.15, 0.2) is 0 Å². The molecule has 1 aromatic carbocycles. The highest BCUT2D eigenvalue weighted by molar-refractivity contribution is 5.91. The van der Waals surface area contributed by atoms with E-state index in [2.05, 4.69) is 0 Å². The summed E-state index contributed by atoms with van der Waals surface area (Å²) in [6, 6.07) is 7.18. The number of hydrogen-bond acceptors (Lipinski definition) is 4. The molecule has 17 heavy (non-hydrogen) atoms. The smallest absolute Gasteiger partial charge is 0.338 e. The lowest BCUT2D eigenvalue weighted by atomic mass is 9.93. The van der Waals surface area contributed by atoms with Crippen molar-refractivity contribution in [1.82, 2.24) is 0 Å². The first-order chi connectivity index (χ1) is 8.13. The predicted octanol–water partition coefficient (Wildman–Crippen LogP) is 1.07. The van der Waals surface area contributed by atoms with E-state index in [1.165, 1.54) is 7.11 Å². The highest BCUT2D eigenvalue weighted by Crippen LogP contribution is 2.36. The largest absolute Gasteiger partial charge is 0.465 e. The number of carbonyl (C=O) groups is 1. The zero-order valence-electron chi connectivity index (χ0n) is 9.67. The summed E-state index contributed by atoms with van der Waals surface area (Å²) in [5.74, 6) is -0.369. The monoisotopic (exact) mass is 236 g/mol. The zero-order chi connectivity index (χ0) is 12.4. The van der Waals surface area contributed by atoms with Gasteiger partial charge in [-0.25, -0.2) is 4.79 Å². The van der Waals surface area contributed by atoms with Crippen LogP contribution in [0.4, 0.5) is 0 Å². The Morgan fingerprint density at radius 3 is 2.41 bits per heavy atom. The van der Waals surface area contributed by atoms with E-state index in [0.29, 0.717) is 18.4 Å². The van der Waals surface area contributed by atoms with Crippen LogP contribution in [0.5, 0.6) is 0 Å². The van der Waals surface area contributed by atoms with Gasteiger partial charge in [0.1, 0.15) is 0 Å². The summed E-state index contributed by atoms with van der Waals surface area (Å²) in [7, 11) is 1.34. The van der Waals surface area contributed by atoms with Gasteiger partial charge in [0.2, 0.25) is 0 Å². The van der Waals surface area contributed by atoms with Crippen LogP contribution in [0.2, 0.25) is 0 Å². The standard InChI is InChI=1S/C13H16O4/c1-17-13(16)10-5-3-2-4-9(10)8-6-11(14)12(15)7-8/h2-5,8,11-12,14-15H,6-7H2,1H3/t8?,11-,12+. The maximum Gasteiger partial charge on any atom is 0.338 e. The van der Waals surface area contributed by atoms with Crippen molar-refractivity contribution in [3.05, 3.63) is 35.4 Å². The molecule has 0 amide bonds. The maximum atomic E-state index is 11.6. The molecule has 0 bridgehead atoms. The number of hydrogen-bond donors (Lipinski definition) is 2. The van der Waals surface area contributed by atoms with Crippen molar-refractivity contribution in [2.24, 2.45) is 0 Å². The van der Waals surface area contributed by atoms with E-state index in [9.17, 15) is 15.0 Å². The zero-order valence-corrected chi connectivity index (χ0v) is 9.67. The number of carbonyl (C=O) groups excluding carboxylic acids is 1. The SMILES string of the molecule is COC(=O)c1ccccc1C1C[C@@H](O)[C@@H](O)C1. The van der Waals surface area contributed by atoms with Crippen molar-refractivity contribution in [2.45, 2.75) is 31.0 Å². The molecule has 0 spiro atoms. The number of methoxy groups -OCH3 is 1. The summed E-state index contributed by atoms with van der Waals surface area (Å²) in [6.45, 7) is 0. The molecule has 3 atom stereocenters. The molecule has 92 valence electrons. The molecule has 1 aliphatic carbocycles. The lowest BCUT2D eigenvalue weighted by molar-refractivity contribution is 0.0438. The van der Waals surface area contributed by atoms with Gasteiger partial charge in [0, 0.05) is 0 Å². The third kappa shape index (κ3) is 2.33. The van der Waals surface area contributed by atoms with Crippen LogP contribution in [0, 0.1) is 0 Å². The van der Waals surface area contributed by atoms with Crippen molar-refractivity contribution in [2.75, 3.05) is 7.11 Å². The Labute approximate surface area is 99.8 Å². The molecule has 0 aliphatic heterocycles. The first-order valence-corrected chi connectivity index (χ1v) is 5.67.